The Hall–Kier alpha value is -4.39. The van der Waals surface area contributed by atoms with Crippen LogP contribution in [0, 0.1) is 6.92 Å². The number of nitrogens with one attached hydrogen (secondary N) is 1. The molecule has 182 valence electrons. The first-order chi connectivity index (χ1) is 17.4. The van der Waals surface area contributed by atoms with E-state index in [1.54, 1.807) is 22.8 Å². The van der Waals surface area contributed by atoms with Crippen LogP contribution in [-0.2, 0) is 11.3 Å². The lowest BCUT2D eigenvalue weighted by Crippen LogP contribution is -2.42. The standard InChI is InChI=1S/C29H27N3O4/c1-18-9-8-13-24-27(18)23(16-30-24)19(2)32-25-14-7-6-12-22(25)28(35)31(29(32)36)17-21(15-26(33)34)20-10-4-3-5-11-20/h3-14,16,19,21,30H,15,17H2,1-2H3,(H,33,34). The fraction of sp³-hybridized carbons (Fsp3) is 0.207. The van der Waals surface area contributed by atoms with Gasteiger partial charge in [0.05, 0.1) is 23.4 Å². The Morgan fingerprint density at radius 3 is 2.44 bits per heavy atom. The maximum atomic E-state index is 14.0. The zero-order valence-corrected chi connectivity index (χ0v) is 20.1. The summed E-state index contributed by atoms with van der Waals surface area (Å²) < 4.78 is 2.84. The lowest BCUT2D eigenvalue weighted by Gasteiger charge is -2.22. The number of nitrogens with zero attached hydrogens (tertiary/aromatic N) is 2. The summed E-state index contributed by atoms with van der Waals surface area (Å²) in [5.74, 6) is -1.52. The average Bonchev–Trinajstić information content (AvgIpc) is 3.32. The average molecular weight is 482 g/mol. The van der Waals surface area contributed by atoms with Gasteiger partial charge in [-0.2, -0.15) is 0 Å². The highest BCUT2D eigenvalue weighted by atomic mass is 16.4. The van der Waals surface area contributed by atoms with Gasteiger partial charge in [-0.25, -0.2) is 4.79 Å². The van der Waals surface area contributed by atoms with Crippen molar-refractivity contribution < 1.29 is 9.90 Å². The molecule has 0 spiro atoms. The Morgan fingerprint density at radius 2 is 1.69 bits per heavy atom. The summed E-state index contributed by atoms with van der Waals surface area (Å²) in [6.07, 6.45) is 1.72. The van der Waals surface area contributed by atoms with Crippen LogP contribution in [0.4, 0.5) is 0 Å². The second-order valence-electron chi connectivity index (χ2n) is 9.21. The monoisotopic (exact) mass is 481 g/mol. The molecule has 2 aromatic heterocycles. The number of rotatable bonds is 7. The van der Waals surface area contributed by atoms with Crippen LogP contribution in [0.15, 0.2) is 88.6 Å². The molecule has 0 bridgehead atoms. The predicted octanol–water partition coefficient (Wildman–Crippen LogP) is 4.82. The van der Waals surface area contributed by atoms with Crippen LogP contribution < -0.4 is 11.2 Å². The third-order valence-electron chi connectivity index (χ3n) is 6.95. The summed E-state index contributed by atoms with van der Waals surface area (Å²) in [6.45, 7) is 3.95. The molecule has 0 amide bonds. The highest BCUT2D eigenvalue weighted by Gasteiger charge is 2.24. The molecule has 2 atom stereocenters. The molecule has 2 N–H and O–H groups in total. The van der Waals surface area contributed by atoms with Crippen molar-refractivity contribution in [1.29, 1.82) is 0 Å². The molecule has 0 saturated carbocycles. The Balaban J connectivity index is 1.72. The van der Waals surface area contributed by atoms with Crippen molar-refractivity contribution in [2.24, 2.45) is 0 Å². The number of para-hydroxylation sites is 1. The molecule has 2 heterocycles. The summed E-state index contributed by atoms with van der Waals surface area (Å²) in [4.78, 5) is 42.5. The second kappa shape index (κ2) is 9.34. The van der Waals surface area contributed by atoms with E-state index >= 15 is 0 Å². The van der Waals surface area contributed by atoms with Crippen LogP contribution in [0.25, 0.3) is 21.8 Å². The van der Waals surface area contributed by atoms with Gasteiger partial charge in [-0.15, -0.1) is 0 Å². The van der Waals surface area contributed by atoms with Crippen molar-refractivity contribution in [2.45, 2.75) is 38.8 Å². The van der Waals surface area contributed by atoms with E-state index in [0.717, 1.165) is 27.6 Å². The zero-order chi connectivity index (χ0) is 25.4. The molecule has 5 aromatic rings. The third kappa shape index (κ3) is 4.02. The quantitative estimate of drug-likeness (QED) is 0.348. The van der Waals surface area contributed by atoms with Gasteiger partial charge in [0.1, 0.15) is 0 Å². The van der Waals surface area contributed by atoms with Gasteiger partial charge in [0, 0.05) is 35.1 Å². The number of fused-ring (bicyclic) bond motifs is 2. The summed E-state index contributed by atoms with van der Waals surface area (Å²) in [5, 5.41) is 11.0. The molecule has 0 aliphatic rings. The topological polar surface area (TPSA) is 97.1 Å². The number of carboxylic acid groups (broad SMARTS) is 1. The van der Waals surface area contributed by atoms with Gasteiger partial charge in [0.25, 0.3) is 5.56 Å². The predicted molar refractivity (Wildman–Crippen MR) is 141 cm³/mol. The zero-order valence-electron chi connectivity index (χ0n) is 20.1. The van der Waals surface area contributed by atoms with Crippen LogP contribution >= 0.6 is 0 Å². The summed E-state index contributed by atoms with van der Waals surface area (Å²) >= 11 is 0. The van der Waals surface area contributed by atoms with Crippen molar-refractivity contribution in [2.75, 3.05) is 0 Å². The summed E-state index contributed by atoms with van der Waals surface area (Å²) in [5.41, 5.74) is 3.46. The van der Waals surface area contributed by atoms with Gasteiger partial charge >= 0.3 is 11.7 Å². The number of carboxylic acids is 1. The van der Waals surface area contributed by atoms with Crippen molar-refractivity contribution in [3.63, 3.8) is 0 Å². The lowest BCUT2D eigenvalue weighted by molar-refractivity contribution is -0.137. The van der Waals surface area contributed by atoms with Gasteiger partial charge in [-0.3, -0.25) is 18.7 Å². The van der Waals surface area contributed by atoms with E-state index in [9.17, 15) is 19.5 Å². The highest BCUT2D eigenvalue weighted by Crippen LogP contribution is 2.30. The Kier molecular flexibility index (Phi) is 6.06. The molecule has 3 aromatic carbocycles. The number of aryl methyl sites for hydroxylation is 1. The fourth-order valence-electron chi connectivity index (χ4n) is 5.18. The molecule has 0 radical (unpaired) electrons. The van der Waals surface area contributed by atoms with Crippen molar-refractivity contribution in [3.8, 4) is 0 Å². The van der Waals surface area contributed by atoms with Crippen LogP contribution in [0.1, 0.15) is 42.0 Å². The Bertz CT molecular complexity index is 1700. The van der Waals surface area contributed by atoms with Gasteiger partial charge in [0.2, 0.25) is 0 Å². The van der Waals surface area contributed by atoms with E-state index in [-0.39, 0.29) is 19.0 Å². The lowest BCUT2D eigenvalue weighted by atomic mass is 9.95. The summed E-state index contributed by atoms with van der Waals surface area (Å²) in [6, 6.07) is 21.9. The van der Waals surface area contributed by atoms with E-state index < -0.39 is 23.1 Å². The molecular weight excluding hydrogens is 454 g/mol. The molecule has 36 heavy (non-hydrogen) atoms. The van der Waals surface area contributed by atoms with Gasteiger partial charge in [-0.05, 0) is 43.2 Å². The number of carbonyl (C=O) groups is 1. The van der Waals surface area contributed by atoms with Crippen LogP contribution in [0.5, 0.6) is 0 Å². The Labute approximate surface area is 207 Å². The number of hydrogen-bond donors (Lipinski definition) is 2. The number of benzene rings is 3. The molecule has 2 unspecified atom stereocenters. The molecule has 5 rings (SSSR count). The molecule has 0 fully saturated rings. The normalized spacial score (nSPS) is 13.2. The first-order valence-corrected chi connectivity index (χ1v) is 11.9. The van der Waals surface area contributed by atoms with Crippen LogP contribution in [0.3, 0.4) is 0 Å². The Morgan fingerprint density at radius 1 is 0.972 bits per heavy atom. The summed E-state index contributed by atoms with van der Waals surface area (Å²) in [7, 11) is 0. The number of aromatic nitrogens is 3. The van der Waals surface area contributed by atoms with Gasteiger partial charge in [-0.1, -0.05) is 54.6 Å². The third-order valence-corrected chi connectivity index (χ3v) is 6.95. The van der Waals surface area contributed by atoms with E-state index in [2.05, 4.69) is 4.98 Å². The molecule has 0 aliphatic heterocycles. The van der Waals surface area contributed by atoms with Crippen LogP contribution in [-0.4, -0.2) is 25.2 Å². The molecule has 7 heteroatoms. The highest BCUT2D eigenvalue weighted by molar-refractivity contribution is 5.87. The van der Waals surface area contributed by atoms with Crippen molar-refractivity contribution in [1.82, 2.24) is 14.1 Å². The minimum Gasteiger partial charge on any atom is -0.481 e. The maximum Gasteiger partial charge on any atom is 0.332 e. The maximum absolute atomic E-state index is 14.0. The van der Waals surface area contributed by atoms with E-state index in [4.69, 9.17) is 0 Å². The fourth-order valence-corrected chi connectivity index (χ4v) is 5.18. The molecule has 0 aliphatic carbocycles. The molecule has 7 nitrogen and oxygen atoms in total. The smallest absolute Gasteiger partial charge is 0.332 e. The van der Waals surface area contributed by atoms with E-state index in [1.165, 1.54) is 4.57 Å². The SMILES string of the molecule is Cc1cccc2[nH]cc(C(C)n3c(=O)n(CC(CC(=O)O)c4ccccc4)c(=O)c4ccccc43)c12. The van der Waals surface area contributed by atoms with E-state index in [1.807, 2.05) is 74.6 Å². The largest absolute Gasteiger partial charge is 0.481 e. The first kappa shape index (κ1) is 23.4. The van der Waals surface area contributed by atoms with Gasteiger partial charge < -0.3 is 10.1 Å². The van der Waals surface area contributed by atoms with Gasteiger partial charge in [0.15, 0.2) is 0 Å². The molecule has 0 saturated heterocycles. The van der Waals surface area contributed by atoms with Crippen LogP contribution in [0.2, 0.25) is 0 Å². The van der Waals surface area contributed by atoms with E-state index in [0.29, 0.717) is 10.9 Å². The second-order valence-corrected chi connectivity index (χ2v) is 9.21. The minimum absolute atomic E-state index is 0.0293. The number of H-pyrrole nitrogens is 1. The van der Waals surface area contributed by atoms with Crippen molar-refractivity contribution >= 4 is 27.8 Å². The number of hydrogen-bond acceptors (Lipinski definition) is 3. The number of aromatic amines is 1. The van der Waals surface area contributed by atoms with Crippen molar-refractivity contribution in [3.05, 3.63) is 117 Å². The minimum atomic E-state index is -0.986. The molecular formula is C29H27N3O4. The number of aliphatic carboxylic acids is 1. The first-order valence-electron chi connectivity index (χ1n) is 11.9.